The van der Waals surface area contributed by atoms with Gasteiger partial charge in [0.25, 0.3) is 0 Å². The minimum Gasteiger partial charge on any atom is -0.0851 e. The molecule has 8 aliphatic rings. The molecule has 0 nitrogen and oxygen atoms in total. The zero-order valence-electron chi connectivity index (χ0n) is 22.3. The molecule has 0 aromatic carbocycles. The van der Waals surface area contributed by atoms with E-state index in [9.17, 15) is 0 Å². The van der Waals surface area contributed by atoms with Gasteiger partial charge in [-0.2, -0.15) is 0 Å². The van der Waals surface area contributed by atoms with Crippen LogP contribution in [0, 0.1) is 71.0 Å². The molecule has 4 saturated carbocycles. The molecule has 0 aromatic heterocycles. The maximum absolute atomic E-state index is 2.69. The molecule has 0 heterocycles. The van der Waals surface area contributed by atoms with Crippen molar-refractivity contribution < 1.29 is 0 Å². The first-order valence-electron chi connectivity index (χ1n) is 15.8. The summed E-state index contributed by atoms with van der Waals surface area (Å²) in [7, 11) is 0. The second kappa shape index (κ2) is 10.3. The lowest BCUT2D eigenvalue weighted by Crippen LogP contribution is -2.21. The maximum Gasteiger partial charge on any atom is -0.0222 e. The molecule has 0 saturated heterocycles. The first-order chi connectivity index (χ1) is 17.7. The number of allylic oxidation sites excluding steroid dienone is 12. The predicted molar refractivity (Wildman–Crippen MR) is 152 cm³/mol. The summed E-state index contributed by atoms with van der Waals surface area (Å²) in [5.41, 5.74) is 0. The number of rotatable bonds is 0. The molecule has 0 radical (unpaired) electrons. The Labute approximate surface area is 220 Å². The zero-order valence-corrected chi connectivity index (χ0v) is 22.3. The van der Waals surface area contributed by atoms with Gasteiger partial charge in [0.05, 0.1) is 0 Å². The molecule has 8 rings (SSSR count). The Balaban J connectivity index is 1.35. The Morgan fingerprint density at radius 2 is 0.250 bits per heavy atom. The lowest BCUT2D eigenvalue weighted by Gasteiger charge is -2.33. The van der Waals surface area contributed by atoms with E-state index >= 15 is 0 Å². The van der Waals surface area contributed by atoms with Crippen LogP contribution < -0.4 is 0 Å². The third kappa shape index (κ3) is 5.49. The van der Waals surface area contributed by atoms with Gasteiger partial charge < -0.3 is 0 Å². The van der Waals surface area contributed by atoms with Crippen LogP contribution in [0.5, 0.6) is 0 Å². The van der Waals surface area contributed by atoms with Gasteiger partial charge in [-0.05, 0) is 148 Å². The van der Waals surface area contributed by atoms with Crippen molar-refractivity contribution in [2.75, 3.05) is 0 Å². The van der Waals surface area contributed by atoms with E-state index in [1.54, 1.807) is 0 Å². The Morgan fingerprint density at radius 3 is 0.333 bits per heavy atom. The van der Waals surface area contributed by atoms with Crippen LogP contribution in [-0.4, -0.2) is 0 Å². The predicted octanol–water partition coefficient (Wildman–Crippen LogP) is 9.49. The highest BCUT2D eigenvalue weighted by Gasteiger charge is 2.32. The van der Waals surface area contributed by atoms with Gasteiger partial charge in [0.2, 0.25) is 0 Å². The summed E-state index contributed by atoms with van der Waals surface area (Å²) in [6, 6.07) is 0. The summed E-state index contributed by atoms with van der Waals surface area (Å²) in [4.78, 5) is 0. The standard InChI is InChI=1S/C36H48/c1-2-26-15-29-7-9-33-19-31-5-3-27-13-25(1)14-28(17-27)4-6-32-20-34(10-8-30(16-26)18-29)24-36(22-32)12-11-35(21-31)23-33/h1-12,25-36H,13-24H2/b2-1-,5-3-,6-4-,9-7-,10-8-,12-11?. The van der Waals surface area contributed by atoms with Gasteiger partial charge in [-0.15, -0.1) is 0 Å². The first-order valence-corrected chi connectivity index (χ1v) is 15.8. The SMILES string of the molecule is C1=CC2CC3/C=C\C4CC5/C=C\C6CC1CC(/C=C\C1CC(/C=C\C(C2)C3)CC(/C=C\C(C5)C4)C1)C6. The van der Waals surface area contributed by atoms with Crippen molar-refractivity contribution >= 4 is 0 Å². The maximum atomic E-state index is 2.69. The summed E-state index contributed by atoms with van der Waals surface area (Å²) in [6.45, 7) is 0. The van der Waals surface area contributed by atoms with Crippen molar-refractivity contribution in [2.45, 2.75) is 77.0 Å². The fourth-order valence-electron chi connectivity index (χ4n) is 9.59. The fraction of sp³-hybridized carbons (Fsp3) is 0.667. The topological polar surface area (TPSA) is 0 Å². The molecule has 0 amide bonds. The highest BCUT2D eigenvalue weighted by molar-refractivity contribution is 5.14. The summed E-state index contributed by atoms with van der Waals surface area (Å²) < 4.78 is 0. The van der Waals surface area contributed by atoms with Gasteiger partial charge in [0, 0.05) is 0 Å². The van der Waals surface area contributed by atoms with E-state index in [0.29, 0.717) is 0 Å². The molecule has 0 aliphatic heterocycles. The second-order valence-corrected chi connectivity index (χ2v) is 14.3. The molecule has 0 N–H and O–H groups in total. The van der Waals surface area contributed by atoms with Crippen LogP contribution in [0.4, 0.5) is 0 Å². The fourth-order valence-corrected chi connectivity index (χ4v) is 9.59. The molecule has 192 valence electrons. The molecule has 0 heteroatoms. The van der Waals surface area contributed by atoms with E-state index in [0.717, 1.165) is 71.0 Å². The van der Waals surface area contributed by atoms with Crippen LogP contribution in [0.3, 0.4) is 0 Å². The Kier molecular flexibility index (Phi) is 6.74. The van der Waals surface area contributed by atoms with Crippen molar-refractivity contribution in [2.24, 2.45) is 71.0 Å². The molecular formula is C36H48. The van der Waals surface area contributed by atoms with Crippen LogP contribution in [0.1, 0.15) is 77.0 Å². The average molecular weight is 481 g/mol. The van der Waals surface area contributed by atoms with Crippen LogP contribution in [-0.2, 0) is 0 Å². The van der Waals surface area contributed by atoms with Gasteiger partial charge in [-0.1, -0.05) is 72.9 Å². The van der Waals surface area contributed by atoms with E-state index in [4.69, 9.17) is 0 Å². The van der Waals surface area contributed by atoms with Crippen LogP contribution >= 0.6 is 0 Å². The van der Waals surface area contributed by atoms with Gasteiger partial charge >= 0.3 is 0 Å². The Morgan fingerprint density at radius 1 is 0.167 bits per heavy atom. The quantitative estimate of drug-likeness (QED) is 0.303. The molecule has 8 aliphatic carbocycles. The van der Waals surface area contributed by atoms with E-state index < -0.39 is 0 Å². The average Bonchev–Trinajstić information content (AvgIpc) is 2.89. The van der Waals surface area contributed by atoms with Gasteiger partial charge in [0.1, 0.15) is 0 Å². The van der Waals surface area contributed by atoms with Crippen molar-refractivity contribution in [1.29, 1.82) is 0 Å². The molecule has 0 spiro atoms. The van der Waals surface area contributed by atoms with E-state index in [1.165, 1.54) is 77.0 Å². The first kappa shape index (κ1) is 23.5. The number of hydrogen-bond acceptors (Lipinski definition) is 0. The van der Waals surface area contributed by atoms with Gasteiger partial charge in [-0.25, -0.2) is 0 Å². The van der Waals surface area contributed by atoms with Gasteiger partial charge in [0.15, 0.2) is 0 Å². The molecule has 4 fully saturated rings. The van der Waals surface area contributed by atoms with Gasteiger partial charge in [-0.3, -0.25) is 0 Å². The normalized spacial score (nSPS) is 53.8. The minimum absolute atomic E-state index is 0.763. The highest BCUT2D eigenvalue weighted by Crippen LogP contribution is 2.44. The summed E-state index contributed by atoms with van der Waals surface area (Å²) in [5, 5.41) is 0. The van der Waals surface area contributed by atoms with E-state index in [1.807, 2.05) is 0 Å². The molecule has 8 atom stereocenters. The van der Waals surface area contributed by atoms with Crippen LogP contribution in [0.15, 0.2) is 72.9 Å². The van der Waals surface area contributed by atoms with Crippen LogP contribution in [0.25, 0.3) is 0 Å². The molecule has 12 bridgehead atoms. The monoisotopic (exact) mass is 480 g/mol. The molecule has 0 aromatic rings. The molecular weight excluding hydrogens is 432 g/mol. The molecule has 36 heavy (non-hydrogen) atoms. The van der Waals surface area contributed by atoms with Crippen molar-refractivity contribution in [3.05, 3.63) is 72.9 Å². The minimum atomic E-state index is 0.763. The lowest BCUT2D eigenvalue weighted by molar-refractivity contribution is 0.282. The molecule has 8 unspecified atom stereocenters. The zero-order chi connectivity index (χ0) is 23.9. The van der Waals surface area contributed by atoms with Crippen molar-refractivity contribution in [1.82, 2.24) is 0 Å². The van der Waals surface area contributed by atoms with Crippen LogP contribution in [0.2, 0.25) is 0 Å². The third-order valence-corrected chi connectivity index (χ3v) is 11.2. The summed E-state index contributed by atoms with van der Waals surface area (Å²) >= 11 is 0. The largest absolute Gasteiger partial charge is 0.0851 e. The summed E-state index contributed by atoms with van der Waals surface area (Å²) in [5.74, 6) is 9.16. The van der Waals surface area contributed by atoms with Crippen molar-refractivity contribution in [3.8, 4) is 0 Å². The van der Waals surface area contributed by atoms with E-state index in [-0.39, 0.29) is 0 Å². The second-order valence-electron chi connectivity index (χ2n) is 14.3. The Bertz CT molecular complexity index is 659. The van der Waals surface area contributed by atoms with Crippen molar-refractivity contribution in [3.63, 3.8) is 0 Å². The number of hydrogen-bond donors (Lipinski definition) is 0. The highest BCUT2D eigenvalue weighted by atomic mass is 14.4. The lowest BCUT2D eigenvalue weighted by atomic mass is 9.72. The summed E-state index contributed by atoms with van der Waals surface area (Å²) in [6.07, 6.45) is 48.8. The van der Waals surface area contributed by atoms with E-state index in [2.05, 4.69) is 72.9 Å². The third-order valence-electron chi connectivity index (χ3n) is 11.2. The Hall–Kier alpha value is -1.56. The smallest absolute Gasteiger partial charge is 0.0222 e.